The number of anilines is 1. The lowest BCUT2D eigenvalue weighted by atomic mass is 10.1. The van der Waals surface area contributed by atoms with Gasteiger partial charge in [-0.25, -0.2) is 0 Å². The molecule has 4 nitrogen and oxygen atoms in total. The highest BCUT2D eigenvalue weighted by atomic mass is 19.4. The van der Waals surface area contributed by atoms with Crippen LogP contribution in [0.2, 0.25) is 0 Å². The number of amides is 1. The molecule has 0 fully saturated rings. The lowest BCUT2D eigenvalue weighted by Crippen LogP contribution is -2.18. The lowest BCUT2D eigenvalue weighted by molar-refractivity contribution is -0.142. The first-order valence-electron chi connectivity index (χ1n) is 6.22. The van der Waals surface area contributed by atoms with E-state index >= 15 is 0 Å². The Balaban J connectivity index is 2.09. The summed E-state index contributed by atoms with van der Waals surface area (Å²) in [4.78, 5) is 12.0. The average Bonchev–Trinajstić information content (AvgIpc) is 2.72. The number of alkyl halides is 3. The molecule has 1 N–H and O–H groups in total. The zero-order valence-corrected chi connectivity index (χ0v) is 11.5. The van der Waals surface area contributed by atoms with Gasteiger partial charge >= 0.3 is 6.18 Å². The number of rotatable bonds is 3. The monoisotopic (exact) mass is 297 g/mol. The van der Waals surface area contributed by atoms with E-state index in [9.17, 15) is 18.0 Å². The van der Waals surface area contributed by atoms with E-state index in [0.717, 1.165) is 22.0 Å². The molecule has 0 spiro atoms. The van der Waals surface area contributed by atoms with Gasteiger partial charge in [-0.1, -0.05) is 17.2 Å². The van der Waals surface area contributed by atoms with Crippen molar-refractivity contribution in [1.82, 2.24) is 9.78 Å². The quantitative estimate of drug-likeness (QED) is 0.944. The van der Waals surface area contributed by atoms with Gasteiger partial charge in [0.05, 0.1) is 11.9 Å². The molecule has 2 aromatic rings. The summed E-state index contributed by atoms with van der Waals surface area (Å²) in [6.45, 7) is 2.54. The van der Waals surface area contributed by atoms with Crippen molar-refractivity contribution < 1.29 is 18.0 Å². The molecule has 0 aliphatic carbocycles. The fourth-order valence-electron chi connectivity index (χ4n) is 2.01. The number of aromatic nitrogens is 2. The third kappa shape index (κ3) is 4.34. The molecule has 112 valence electrons. The Morgan fingerprint density at radius 1 is 1.24 bits per heavy atom. The van der Waals surface area contributed by atoms with E-state index in [-0.39, 0.29) is 11.6 Å². The van der Waals surface area contributed by atoms with Gasteiger partial charge in [0.25, 0.3) is 5.91 Å². The van der Waals surface area contributed by atoms with E-state index in [0.29, 0.717) is 5.56 Å². The van der Waals surface area contributed by atoms with Crippen molar-refractivity contribution in [1.29, 1.82) is 0 Å². The third-order valence-electron chi connectivity index (χ3n) is 2.72. The summed E-state index contributed by atoms with van der Waals surface area (Å²) >= 11 is 0. The van der Waals surface area contributed by atoms with Gasteiger partial charge in [0.2, 0.25) is 0 Å². The van der Waals surface area contributed by atoms with Crippen LogP contribution in [0.1, 0.15) is 21.5 Å². The number of carbonyl (C=O) groups excluding carboxylic acids is 1. The molecular weight excluding hydrogens is 283 g/mol. The van der Waals surface area contributed by atoms with E-state index < -0.39 is 12.7 Å². The normalized spacial score (nSPS) is 11.5. The minimum atomic E-state index is -4.35. The number of nitrogens with zero attached hydrogens (tertiary/aromatic N) is 2. The molecule has 1 aromatic heterocycles. The predicted octanol–water partition coefficient (Wildman–Crippen LogP) is 3.31. The number of hydrogen-bond acceptors (Lipinski definition) is 2. The number of nitrogens with one attached hydrogen (secondary N) is 1. The summed E-state index contributed by atoms with van der Waals surface area (Å²) in [6, 6.07) is 5.35. The van der Waals surface area contributed by atoms with Crippen molar-refractivity contribution in [3.63, 3.8) is 0 Å². The summed E-state index contributed by atoms with van der Waals surface area (Å²) in [5.41, 5.74) is 2.56. The minimum absolute atomic E-state index is 0.225. The van der Waals surface area contributed by atoms with Crippen LogP contribution >= 0.6 is 0 Å². The minimum Gasteiger partial charge on any atom is -0.319 e. The van der Waals surface area contributed by atoms with Crippen LogP contribution in [0.15, 0.2) is 30.6 Å². The van der Waals surface area contributed by atoms with Crippen molar-refractivity contribution >= 4 is 11.6 Å². The van der Waals surface area contributed by atoms with E-state index in [4.69, 9.17) is 0 Å². The van der Waals surface area contributed by atoms with Crippen molar-refractivity contribution in [2.24, 2.45) is 0 Å². The molecule has 0 saturated heterocycles. The van der Waals surface area contributed by atoms with E-state index in [2.05, 4.69) is 10.4 Å². The third-order valence-corrected chi connectivity index (χ3v) is 2.72. The molecule has 7 heteroatoms. The Kier molecular flexibility index (Phi) is 4.02. The van der Waals surface area contributed by atoms with Gasteiger partial charge in [0.15, 0.2) is 0 Å². The second-order valence-electron chi connectivity index (χ2n) is 4.87. The summed E-state index contributed by atoms with van der Waals surface area (Å²) in [6.07, 6.45) is -2.01. The fraction of sp³-hybridized carbons (Fsp3) is 0.286. The highest BCUT2D eigenvalue weighted by Crippen LogP contribution is 2.18. The maximum absolute atomic E-state index is 12.2. The smallest absolute Gasteiger partial charge is 0.319 e. The van der Waals surface area contributed by atoms with Crippen LogP contribution in [0.5, 0.6) is 0 Å². The molecule has 0 aliphatic heterocycles. The Morgan fingerprint density at radius 3 is 2.43 bits per heavy atom. The van der Waals surface area contributed by atoms with Crippen LogP contribution in [0, 0.1) is 13.8 Å². The Hall–Kier alpha value is -2.31. The number of carbonyl (C=O) groups is 1. The topological polar surface area (TPSA) is 46.9 Å². The molecule has 1 amide bonds. The van der Waals surface area contributed by atoms with Crippen molar-refractivity contribution in [2.45, 2.75) is 26.6 Å². The van der Waals surface area contributed by atoms with Crippen molar-refractivity contribution in [3.8, 4) is 0 Å². The first kappa shape index (κ1) is 15.1. The molecule has 1 aromatic carbocycles. The largest absolute Gasteiger partial charge is 0.408 e. The number of halogens is 3. The first-order chi connectivity index (χ1) is 9.73. The van der Waals surface area contributed by atoms with E-state index in [1.165, 1.54) is 6.20 Å². The highest BCUT2D eigenvalue weighted by Gasteiger charge is 2.28. The average molecular weight is 297 g/mol. The predicted molar refractivity (Wildman–Crippen MR) is 72.2 cm³/mol. The van der Waals surface area contributed by atoms with Gasteiger partial charge in [0, 0.05) is 11.8 Å². The summed E-state index contributed by atoms with van der Waals surface area (Å²) in [5, 5.41) is 6.09. The Labute approximate surface area is 119 Å². The van der Waals surface area contributed by atoms with Crippen LogP contribution in [0.4, 0.5) is 18.9 Å². The molecule has 0 atom stereocenters. The second kappa shape index (κ2) is 5.59. The van der Waals surface area contributed by atoms with Crippen LogP contribution in [-0.2, 0) is 6.54 Å². The van der Waals surface area contributed by atoms with E-state index in [1.807, 2.05) is 19.9 Å². The Bertz CT molecular complexity index is 641. The highest BCUT2D eigenvalue weighted by molar-refractivity contribution is 6.04. The van der Waals surface area contributed by atoms with Crippen LogP contribution in [-0.4, -0.2) is 21.9 Å². The molecule has 2 rings (SSSR count). The van der Waals surface area contributed by atoms with Gasteiger partial charge in [-0.2, -0.15) is 18.3 Å². The van der Waals surface area contributed by atoms with Gasteiger partial charge in [-0.15, -0.1) is 0 Å². The molecule has 0 bridgehead atoms. The SMILES string of the molecule is Cc1cc(C)cc(C(=O)Nc2cnn(CC(F)(F)F)c2)c1. The summed E-state index contributed by atoms with van der Waals surface area (Å²) in [5.74, 6) is -0.381. The number of hydrogen-bond donors (Lipinski definition) is 1. The first-order valence-corrected chi connectivity index (χ1v) is 6.22. The van der Waals surface area contributed by atoms with Gasteiger partial charge in [-0.05, 0) is 26.0 Å². The van der Waals surface area contributed by atoms with Crippen LogP contribution in [0.3, 0.4) is 0 Å². The molecular formula is C14H14F3N3O. The van der Waals surface area contributed by atoms with Gasteiger partial charge < -0.3 is 5.32 Å². The molecule has 0 saturated carbocycles. The summed E-state index contributed by atoms with van der Waals surface area (Å²) in [7, 11) is 0. The zero-order valence-electron chi connectivity index (χ0n) is 11.5. The molecule has 0 aliphatic rings. The molecule has 1 heterocycles. The fourth-order valence-corrected chi connectivity index (χ4v) is 2.01. The van der Waals surface area contributed by atoms with Gasteiger partial charge in [0.1, 0.15) is 6.54 Å². The zero-order chi connectivity index (χ0) is 15.6. The Morgan fingerprint density at radius 2 is 1.86 bits per heavy atom. The summed E-state index contributed by atoms with van der Waals surface area (Å²) < 4.78 is 37.4. The molecule has 0 unspecified atom stereocenters. The van der Waals surface area contributed by atoms with Gasteiger partial charge in [-0.3, -0.25) is 9.48 Å². The second-order valence-corrected chi connectivity index (χ2v) is 4.87. The maximum atomic E-state index is 12.2. The van der Waals surface area contributed by atoms with Crippen molar-refractivity contribution in [2.75, 3.05) is 5.32 Å². The standard InChI is InChI=1S/C14H14F3N3O/c1-9-3-10(2)5-11(4-9)13(21)19-12-6-18-20(7-12)8-14(15,16)17/h3-7H,8H2,1-2H3,(H,19,21). The number of aryl methyl sites for hydroxylation is 2. The van der Waals surface area contributed by atoms with Crippen LogP contribution < -0.4 is 5.32 Å². The van der Waals surface area contributed by atoms with Crippen molar-refractivity contribution in [3.05, 3.63) is 47.3 Å². The molecule has 21 heavy (non-hydrogen) atoms. The lowest BCUT2D eigenvalue weighted by Gasteiger charge is -2.06. The number of benzene rings is 1. The van der Waals surface area contributed by atoms with Crippen LogP contribution in [0.25, 0.3) is 0 Å². The molecule has 0 radical (unpaired) electrons. The maximum Gasteiger partial charge on any atom is 0.408 e. The van der Waals surface area contributed by atoms with E-state index in [1.54, 1.807) is 12.1 Å².